The summed E-state index contributed by atoms with van der Waals surface area (Å²) in [6.07, 6.45) is -2.18. The summed E-state index contributed by atoms with van der Waals surface area (Å²) >= 11 is 0. The number of aromatic nitrogens is 5. The standard InChI is InChI=1S/C27H25F4N7O3/c28-20(7-10-37-11-8-21(14-25(37)40)34-24(39)12-18-4-2-1-3-5-18)16-38-17-23(35-36-38)26(41)33-15-22-13-19(6-9-32-22)27(29,30)31/h1-6,8-9,11,13-14,17,20H,7,10,12,15-16H2,(H,33,41)(H,34,39). The fourth-order valence-electron chi connectivity index (χ4n) is 3.83. The summed E-state index contributed by atoms with van der Waals surface area (Å²) in [6, 6.07) is 13.6. The van der Waals surface area contributed by atoms with Gasteiger partial charge in [0.1, 0.15) is 6.17 Å². The molecule has 0 spiro atoms. The van der Waals surface area contributed by atoms with E-state index in [1.807, 2.05) is 30.3 Å². The minimum absolute atomic E-state index is 0.00206. The molecule has 10 nitrogen and oxygen atoms in total. The van der Waals surface area contributed by atoms with Crippen LogP contribution in [0.3, 0.4) is 0 Å². The van der Waals surface area contributed by atoms with Gasteiger partial charge in [0.05, 0.1) is 37.0 Å². The van der Waals surface area contributed by atoms with Crippen LogP contribution in [0.15, 0.2) is 78.0 Å². The molecule has 0 fully saturated rings. The molecule has 0 saturated carbocycles. The van der Waals surface area contributed by atoms with Crippen LogP contribution in [0.4, 0.5) is 23.2 Å². The largest absolute Gasteiger partial charge is 0.416 e. The number of carbonyl (C=O) groups is 2. The number of rotatable bonds is 11. The number of amides is 2. The summed E-state index contributed by atoms with van der Waals surface area (Å²) in [6.45, 7) is -0.451. The highest BCUT2D eigenvalue weighted by Crippen LogP contribution is 2.28. The van der Waals surface area contributed by atoms with Crippen LogP contribution in [0, 0.1) is 0 Å². The second-order valence-electron chi connectivity index (χ2n) is 9.09. The van der Waals surface area contributed by atoms with Gasteiger partial charge in [-0.2, -0.15) is 13.2 Å². The number of aryl methyl sites for hydroxylation is 1. The Hall–Kier alpha value is -4.88. The van der Waals surface area contributed by atoms with Crippen molar-refractivity contribution in [2.45, 2.75) is 44.8 Å². The molecule has 14 heteroatoms. The third-order valence-corrected chi connectivity index (χ3v) is 5.90. The van der Waals surface area contributed by atoms with E-state index in [-0.39, 0.29) is 49.8 Å². The Labute approximate surface area is 231 Å². The molecular weight excluding hydrogens is 546 g/mol. The minimum atomic E-state index is -4.54. The molecule has 1 atom stereocenters. The molecule has 1 aromatic carbocycles. The molecule has 41 heavy (non-hydrogen) atoms. The molecule has 3 aromatic heterocycles. The molecule has 4 rings (SSSR count). The van der Waals surface area contributed by atoms with Crippen LogP contribution in [-0.4, -0.2) is 42.5 Å². The first-order valence-electron chi connectivity index (χ1n) is 12.5. The number of alkyl halides is 4. The monoisotopic (exact) mass is 571 g/mol. The van der Waals surface area contributed by atoms with Crippen LogP contribution < -0.4 is 16.2 Å². The fourth-order valence-corrected chi connectivity index (χ4v) is 3.83. The van der Waals surface area contributed by atoms with Gasteiger partial charge >= 0.3 is 6.18 Å². The fraction of sp³-hybridized carbons (Fsp3) is 0.259. The van der Waals surface area contributed by atoms with Gasteiger partial charge in [-0.25, -0.2) is 9.07 Å². The third-order valence-electron chi connectivity index (χ3n) is 5.90. The zero-order chi connectivity index (χ0) is 29.4. The number of anilines is 1. The van der Waals surface area contributed by atoms with Crippen LogP contribution in [0.5, 0.6) is 0 Å². The lowest BCUT2D eigenvalue weighted by Gasteiger charge is -2.11. The predicted molar refractivity (Wildman–Crippen MR) is 139 cm³/mol. The van der Waals surface area contributed by atoms with Crippen molar-refractivity contribution >= 4 is 17.5 Å². The number of carbonyl (C=O) groups excluding carboxylic acids is 2. The van der Waals surface area contributed by atoms with Gasteiger partial charge in [0, 0.05) is 30.7 Å². The molecule has 4 aromatic rings. The molecule has 0 radical (unpaired) electrons. The van der Waals surface area contributed by atoms with Crippen molar-refractivity contribution in [3.8, 4) is 0 Å². The van der Waals surface area contributed by atoms with Gasteiger partial charge < -0.3 is 15.2 Å². The van der Waals surface area contributed by atoms with E-state index in [2.05, 4.69) is 25.9 Å². The van der Waals surface area contributed by atoms with Gasteiger partial charge in [-0.15, -0.1) is 5.10 Å². The van der Waals surface area contributed by atoms with E-state index in [9.17, 15) is 31.9 Å². The van der Waals surface area contributed by atoms with Gasteiger partial charge in [-0.05, 0) is 30.2 Å². The van der Waals surface area contributed by atoms with Gasteiger partial charge in [-0.3, -0.25) is 19.4 Å². The summed E-state index contributed by atoms with van der Waals surface area (Å²) < 4.78 is 55.5. The summed E-state index contributed by atoms with van der Waals surface area (Å²) in [7, 11) is 0. The van der Waals surface area contributed by atoms with Gasteiger partial charge in [0.2, 0.25) is 5.91 Å². The number of halogens is 4. The van der Waals surface area contributed by atoms with Crippen molar-refractivity contribution in [2.24, 2.45) is 0 Å². The zero-order valence-electron chi connectivity index (χ0n) is 21.5. The van der Waals surface area contributed by atoms with E-state index >= 15 is 0 Å². The van der Waals surface area contributed by atoms with E-state index in [0.29, 0.717) is 5.69 Å². The third kappa shape index (κ3) is 8.55. The molecule has 0 aliphatic rings. The molecule has 0 aliphatic carbocycles. The molecule has 2 amide bonds. The van der Waals surface area contributed by atoms with E-state index in [1.165, 1.54) is 23.0 Å². The van der Waals surface area contributed by atoms with Crippen molar-refractivity contribution in [2.75, 3.05) is 5.32 Å². The second-order valence-corrected chi connectivity index (χ2v) is 9.09. The number of pyridine rings is 2. The summed E-state index contributed by atoms with van der Waals surface area (Å²) in [5.41, 5.74) is -0.279. The molecule has 1 unspecified atom stereocenters. The Morgan fingerprint density at radius 1 is 1.05 bits per heavy atom. The Morgan fingerprint density at radius 2 is 1.83 bits per heavy atom. The van der Waals surface area contributed by atoms with Crippen LogP contribution in [0.25, 0.3) is 0 Å². The number of benzene rings is 1. The second kappa shape index (κ2) is 13.0. The SMILES string of the molecule is O=C(Cc1ccccc1)Nc1ccn(CCC(F)Cn2cc(C(=O)NCc3cc(C(F)(F)F)ccn3)nn2)c(=O)c1. The first-order valence-corrected chi connectivity index (χ1v) is 12.5. The average molecular weight is 572 g/mol. The van der Waals surface area contributed by atoms with E-state index in [0.717, 1.165) is 28.6 Å². The lowest BCUT2D eigenvalue weighted by atomic mass is 10.1. The van der Waals surface area contributed by atoms with Crippen molar-refractivity contribution in [1.82, 2.24) is 29.9 Å². The molecule has 0 aliphatic heterocycles. The Kier molecular flexibility index (Phi) is 9.22. The van der Waals surface area contributed by atoms with Crippen molar-refractivity contribution in [3.05, 3.63) is 106 Å². The normalized spacial score (nSPS) is 12.1. The maximum atomic E-state index is 14.6. The number of hydrogen-bond donors (Lipinski definition) is 2. The molecule has 214 valence electrons. The number of hydrogen-bond acceptors (Lipinski definition) is 6. The van der Waals surface area contributed by atoms with Gasteiger partial charge in [0.15, 0.2) is 5.69 Å². The predicted octanol–water partition coefficient (Wildman–Crippen LogP) is 3.39. The van der Waals surface area contributed by atoms with Crippen LogP contribution in [0.1, 0.15) is 33.7 Å². The quantitative estimate of drug-likeness (QED) is 0.266. The van der Waals surface area contributed by atoms with Crippen molar-refractivity contribution in [3.63, 3.8) is 0 Å². The van der Waals surface area contributed by atoms with Crippen molar-refractivity contribution < 1.29 is 27.2 Å². The minimum Gasteiger partial charge on any atom is -0.345 e. The maximum Gasteiger partial charge on any atom is 0.416 e. The molecule has 3 heterocycles. The van der Waals surface area contributed by atoms with E-state index < -0.39 is 29.4 Å². The Balaban J connectivity index is 1.23. The molecule has 0 saturated heterocycles. The Bertz CT molecular complexity index is 1550. The number of nitrogens with zero attached hydrogens (tertiary/aromatic N) is 5. The summed E-state index contributed by atoms with van der Waals surface area (Å²) in [5, 5.41) is 12.5. The molecule has 0 bridgehead atoms. The van der Waals surface area contributed by atoms with Gasteiger partial charge in [0.25, 0.3) is 11.5 Å². The maximum absolute atomic E-state index is 14.6. The van der Waals surface area contributed by atoms with Crippen LogP contribution in [-0.2, 0) is 37.0 Å². The van der Waals surface area contributed by atoms with Crippen LogP contribution in [0.2, 0.25) is 0 Å². The lowest BCUT2D eigenvalue weighted by molar-refractivity contribution is -0.137. The highest BCUT2D eigenvalue weighted by molar-refractivity contribution is 5.92. The first-order chi connectivity index (χ1) is 19.6. The van der Waals surface area contributed by atoms with Crippen LogP contribution >= 0.6 is 0 Å². The first kappa shape index (κ1) is 29.1. The summed E-state index contributed by atoms with van der Waals surface area (Å²) in [4.78, 5) is 40.7. The lowest BCUT2D eigenvalue weighted by Crippen LogP contribution is -2.24. The topological polar surface area (TPSA) is 124 Å². The zero-order valence-corrected chi connectivity index (χ0v) is 21.5. The van der Waals surface area contributed by atoms with Gasteiger partial charge in [-0.1, -0.05) is 35.5 Å². The smallest absolute Gasteiger partial charge is 0.345 e. The molecule has 2 N–H and O–H groups in total. The molecular formula is C27H25F4N7O3. The van der Waals surface area contributed by atoms with Crippen molar-refractivity contribution in [1.29, 1.82) is 0 Å². The Morgan fingerprint density at radius 3 is 2.56 bits per heavy atom. The van der Waals surface area contributed by atoms with E-state index in [1.54, 1.807) is 6.07 Å². The highest BCUT2D eigenvalue weighted by atomic mass is 19.4. The van der Waals surface area contributed by atoms with E-state index in [4.69, 9.17) is 0 Å². The number of nitrogens with one attached hydrogen (secondary N) is 2. The highest BCUT2D eigenvalue weighted by Gasteiger charge is 2.30. The average Bonchev–Trinajstić information content (AvgIpc) is 3.40. The summed E-state index contributed by atoms with van der Waals surface area (Å²) in [5.74, 6) is -0.987.